The Hall–Kier alpha value is -2.53. The molecule has 3 rings (SSSR count). The largest absolute Gasteiger partial charge is 0.479 e. The van der Waals surface area contributed by atoms with Crippen LogP contribution in [0.2, 0.25) is 5.02 Å². The fourth-order valence-corrected chi connectivity index (χ4v) is 2.69. The number of benzene rings is 2. The van der Waals surface area contributed by atoms with Gasteiger partial charge < -0.3 is 15.4 Å². The van der Waals surface area contributed by atoms with Crippen LogP contribution in [0.15, 0.2) is 42.5 Å². The Bertz CT molecular complexity index is 792. The van der Waals surface area contributed by atoms with E-state index in [0.29, 0.717) is 35.0 Å². The number of anilines is 2. The molecule has 0 spiro atoms. The maximum Gasteiger partial charge on any atom is 0.265 e. The molecule has 124 valence electrons. The smallest absolute Gasteiger partial charge is 0.265 e. The summed E-state index contributed by atoms with van der Waals surface area (Å²) in [6, 6.07) is 12.6. The number of carbonyl (C=O) groups excluding carboxylic acids is 2. The zero-order valence-corrected chi connectivity index (χ0v) is 13.9. The maximum atomic E-state index is 12.1. The number of rotatable bonds is 4. The molecule has 0 radical (unpaired) electrons. The highest BCUT2D eigenvalue weighted by Gasteiger charge is 2.23. The second kappa shape index (κ2) is 6.93. The zero-order valence-electron chi connectivity index (χ0n) is 13.1. The van der Waals surface area contributed by atoms with Crippen molar-refractivity contribution in [3.8, 4) is 5.75 Å². The van der Waals surface area contributed by atoms with Crippen LogP contribution in [0.5, 0.6) is 5.75 Å². The van der Waals surface area contributed by atoms with Gasteiger partial charge in [-0.25, -0.2) is 0 Å². The minimum absolute atomic E-state index is 0.119. The minimum atomic E-state index is -0.520. The average Bonchev–Trinajstić information content (AvgIpc) is 2.55. The number of carbonyl (C=O) groups is 2. The standard InChI is InChI=1S/C18H17ClN2O3/c1-11-18(23)21-15-10-13(7-8-16(15)24-11)20-17(22)9-6-12-4-2-3-5-14(12)19/h2-5,7-8,10-11H,6,9H2,1H3,(H,20,22)(H,21,23)/t11-/m1/s1. The van der Waals surface area contributed by atoms with E-state index in [2.05, 4.69) is 10.6 Å². The van der Waals surface area contributed by atoms with Crippen LogP contribution in [0.1, 0.15) is 18.9 Å². The first-order chi connectivity index (χ1) is 11.5. The van der Waals surface area contributed by atoms with Gasteiger partial charge in [-0.1, -0.05) is 29.8 Å². The van der Waals surface area contributed by atoms with Crippen molar-refractivity contribution in [2.24, 2.45) is 0 Å². The third-order valence-electron chi connectivity index (χ3n) is 3.77. The predicted octanol–water partition coefficient (Wildman–Crippen LogP) is 3.63. The Morgan fingerprint density at radius 1 is 1.29 bits per heavy atom. The molecule has 1 heterocycles. The molecule has 1 atom stereocenters. The monoisotopic (exact) mass is 344 g/mol. The van der Waals surface area contributed by atoms with E-state index in [9.17, 15) is 9.59 Å². The Morgan fingerprint density at radius 2 is 2.08 bits per heavy atom. The van der Waals surface area contributed by atoms with E-state index in [-0.39, 0.29) is 11.8 Å². The summed E-state index contributed by atoms with van der Waals surface area (Å²) < 4.78 is 5.48. The lowest BCUT2D eigenvalue weighted by Crippen LogP contribution is -2.34. The van der Waals surface area contributed by atoms with E-state index < -0.39 is 6.10 Å². The number of hydrogen-bond donors (Lipinski definition) is 2. The molecule has 0 saturated heterocycles. The summed E-state index contributed by atoms with van der Waals surface area (Å²) in [6.45, 7) is 1.68. The van der Waals surface area contributed by atoms with E-state index in [0.717, 1.165) is 5.56 Å². The molecule has 5 nitrogen and oxygen atoms in total. The van der Waals surface area contributed by atoms with Gasteiger partial charge in [-0.05, 0) is 43.2 Å². The molecule has 0 saturated carbocycles. The molecule has 2 aromatic rings. The summed E-state index contributed by atoms with van der Waals surface area (Å²) in [5.41, 5.74) is 2.10. The molecule has 0 aromatic heterocycles. The first-order valence-electron chi connectivity index (χ1n) is 7.68. The maximum absolute atomic E-state index is 12.1. The Balaban J connectivity index is 1.62. The van der Waals surface area contributed by atoms with Crippen molar-refractivity contribution < 1.29 is 14.3 Å². The van der Waals surface area contributed by atoms with Crippen LogP contribution in [-0.2, 0) is 16.0 Å². The van der Waals surface area contributed by atoms with E-state index in [4.69, 9.17) is 16.3 Å². The summed E-state index contributed by atoms with van der Waals surface area (Å²) in [4.78, 5) is 23.8. The molecule has 0 unspecified atom stereocenters. The molecule has 0 bridgehead atoms. The Labute approximate surface area is 145 Å². The molecule has 2 aromatic carbocycles. The van der Waals surface area contributed by atoms with Crippen LogP contribution < -0.4 is 15.4 Å². The lowest BCUT2D eigenvalue weighted by molar-refractivity contribution is -0.122. The number of hydrogen-bond acceptors (Lipinski definition) is 3. The number of aryl methyl sites for hydroxylation is 1. The molecular weight excluding hydrogens is 328 g/mol. The Morgan fingerprint density at radius 3 is 2.88 bits per heavy atom. The summed E-state index contributed by atoms with van der Waals surface area (Å²) in [5, 5.41) is 6.24. The number of nitrogens with one attached hydrogen (secondary N) is 2. The van der Waals surface area contributed by atoms with Crippen LogP contribution in [0, 0.1) is 0 Å². The van der Waals surface area contributed by atoms with E-state index in [1.165, 1.54) is 0 Å². The second-order valence-corrected chi connectivity index (χ2v) is 6.01. The Kier molecular flexibility index (Phi) is 4.71. The van der Waals surface area contributed by atoms with Crippen LogP contribution in [0.4, 0.5) is 11.4 Å². The van der Waals surface area contributed by atoms with Gasteiger partial charge in [0.2, 0.25) is 5.91 Å². The van der Waals surface area contributed by atoms with Gasteiger partial charge in [0.1, 0.15) is 5.75 Å². The van der Waals surface area contributed by atoms with E-state index in [1.807, 2.05) is 24.3 Å². The fraction of sp³-hybridized carbons (Fsp3) is 0.222. The van der Waals surface area contributed by atoms with Gasteiger partial charge in [-0.15, -0.1) is 0 Å². The zero-order chi connectivity index (χ0) is 17.1. The molecule has 2 N–H and O–H groups in total. The molecule has 6 heteroatoms. The van der Waals surface area contributed by atoms with Crippen LogP contribution in [0.3, 0.4) is 0 Å². The molecular formula is C18H17ClN2O3. The molecule has 1 aliphatic heterocycles. The highest BCUT2D eigenvalue weighted by atomic mass is 35.5. The highest BCUT2D eigenvalue weighted by molar-refractivity contribution is 6.31. The van der Waals surface area contributed by atoms with Gasteiger partial charge in [0, 0.05) is 17.1 Å². The van der Waals surface area contributed by atoms with Gasteiger partial charge in [0.15, 0.2) is 6.10 Å². The SMILES string of the molecule is C[C@H]1Oc2ccc(NC(=O)CCc3ccccc3Cl)cc2NC1=O. The fourth-order valence-electron chi connectivity index (χ4n) is 2.46. The molecule has 24 heavy (non-hydrogen) atoms. The van der Waals surface area contributed by atoms with Crippen molar-refractivity contribution in [1.82, 2.24) is 0 Å². The number of fused-ring (bicyclic) bond motifs is 1. The highest BCUT2D eigenvalue weighted by Crippen LogP contribution is 2.32. The first-order valence-corrected chi connectivity index (χ1v) is 8.05. The van der Waals surface area contributed by atoms with Crippen molar-refractivity contribution in [1.29, 1.82) is 0 Å². The van der Waals surface area contributed by atoms with Crippen molar-refractivity contribution in [3.63, 3.8) is 0 Å². The third kappa shape index (κ3) is 3.68. The molecule has 0 fully saturated rings. The van der Waals surface area contributed by atoms with Crippen LogP contribution >= 0.6 is 11.6 Å². The summed E-state index contributed by atoms with van der Waals surface area (Å²) in [7, 11) is 0. The van der Waals surface area contributed by atoms with E-state index >= 15 is 0 Å². The third-order valence-corrected chi connectivity index (χ3v) is 4.14. The van der Waals surface area contributed by atoms with Crippen molar-refractivity contribution in [3.05, 3.63) is 53.1 Å². The van der Waals surface area contributed by atoms with Crippen LogP contribution in [0.25, 0.3) is 0 Å². The second-order valence-electron chi connectivity index (χ2n) is 5.60. The van der Waals surface area contributed by atoms with Gasteiger partial charge in [0.05, 0.1) is 5.69 Å². The van der Waals surface area contributed by atoms with Gasteiger partial charge in [-0.3, -0.25) is 9.59 Å². The quantitative estimate of drug-likeness (QED) is 0.890. The van der Waals surface area contributed by atoms with Gasteiger partial charge in [0.25, 0.3) is 5.91 Å². The molecule has 1 aliphatic rings. The van der Waals surface area contributed by atoms with Crippen molar-refractivity contribution >= 4 is 34.8 Å². The topological polar surface area (TPSA) is 67.4 Å². The number of ether oxygens (including phenoxy) is 1. The number of halogens is 1. The van der Waals surface area contributed by atoms with Gasteiger partial charge in [-0.2, -0.15) is 0 Å². The summed E-state index contributed by atoms with van der Waals surface area (Å²) in [5.74, 6) is 0.271. The lowest BCUT2D eigenvalue weighted by atomic mass is 10.1. The summed E-state index contributed by atoms with van der Waals surface area (Å²) >= 11 is 6.09. The predicted molar refractivity (Wildman–Crippen MR) is 93.6 cm³/mol. The molecule has 2 amide bonds. The average molecular weight is 345 g/mol. The van der Waals surface area contributed by atoms with Gasteiger partial charge >= 0.3 is 0 Å². The van der Waals surface area contributed by atoms with Crippen molar-refractivity contribution in [2.75, 3.05) is 10.6 Å². The van der Waals surface area contributed by atoms with E-state index in [1.54, 1.807) is 25.1 Å². The molecule has 0 aliphatic carbocycles. The summed E-state index contributed by atoms with van der Waals surface area (Å²) in [6.07, 6.45) is 0.364. The number of amides is 2. The first kappa shape index (κ1) is 16.3. The normalized spacial score (nSPS) is 15.9. The minimum Gasteiger partial charge on any atom is -0.479 e. The van der Waals surface area contributed by atoms with Crippen molar-refractivity contribution in [2.45, 2.75) is 25.9 Å². The lowest BCUT2D eigenvalue weighted by Gasteiger charge is -2.23. The van der Waals surface area contributed by atoms with Crippen LogP contribution in [-0.4, -0.2) is 17.9 Å².